The van der Waals surface area contributed by atoms with E-state index in [0.29, 0.717) is 0 Å². The summed E-state index contributed by atoms with van der Waals surface area (Å²) in [5.74, 6) is 0. The second kappa shape index (κ2) is 6.35. The zero-order valence-electron chi connectivity index (χ0n) is 12.0. The summed E-state index contributed by atoms with van der Waals surface area (Å²) in [6.07, 6.45) is 1.26. The molecule has 1 aliphatic rings. The second-order valence-electron chi connectivity index (χ2n) is 5.50. The molecule has 1 aromatic carbocycles. The Morgan fingerprint density at radius 2 is 1.78 bits per heavy atom. The van der Waals surface area contributed by atoms with E-state index >= 15 is 0 Å². The summed E-state index contributed by atoms with van der Waals surface area (Å²) < 4.78 is 0. The van der Waals surface area contributed by atoms with Crippen molar-refractivity contribution in [2.45, 2.75) is 39.8 Å². The van der Waals surface area contributed by atoms with E-state index in [1.807, 2.05) is 0 Å². The number of hydrogen-bond donors (Lipinski definition) is 0. The zero-order chi connectivity index (χ0) is 13.0. The number of nitrogens with zero attached hydrogens (tertiary/aromatic N) is 2. The summed E-state index contributed by atoms with van der Waals surface area (Å²) in [7, 11) is 0. The van der Waals surface area contributed by atoms with E-state index in [-0.39, 0.29) is 0 Å². The highest BCUT2D eigenvalue weighted by molar-refractivity contribution is 5.25. The fraction of sp³-hybridized carbons (Fsp3) is 0.625. The van der Waals surface area contributed by atoms with Crippen LogP contribution in [0, 0.1) is 6.92 Å². The van der Waals surface area contributed by atoms with Gasteiger partial charge in [0.1, 0.15) is 0 Å². The molecule has 1 fully saturated rings. The van der Waals surface area contributed by atoms with Crippen LogP contribution in [0.15, 0.2) is 24.3 Å². The molecule has 1 aromatic rings. The molecule has 0 amide bonds. The molecule has 0 saturated carbocycles. The fourth-order valence-corrected chi connectivity index (χ4v) is 2.65. The van der Waals surface area contributed by atoms with Crippen LogP contribution >= 0.6 is 0 Å². The molecule has 2 rings (SSSR count). The Labute approximate surface area is 112 Å². The summed E-state index contributed by atoms with van der Waals surface area (Å²) in [4.78, 5) is 5.20. The van der Waals surface area contributed by atoms with Gasteiger partial charge in [0.15, 0.2) is 0 Å². The van der Waals surface area contributed by atoms with Crippen LogP contribution in [0.25, 0.3) is 0 Å². The van der Waals surface area contributed by atoms with Crippen molar-refractivity contribution in [2.24, 2.45) is 0 Å². The monoisotopic (exact) mass is 246 g/mol. The van der Waals surface area contributed by atoms with Crippen molar-refractivity contribution in [1.82, 2.24) is 9.80 Å². The van der Waals surface area contributed by atoms with E-state index in [1.165, 1.54) is 43.7 Å². The maximum Gasteiger partial charge on any atom is 0.0237 e. The topological polar surface area (TPSA) is 6.48 Å². The molecular formula is C16H26N2. The SMILES string of the molecule is CC[C@H](C)N1CCN(Cc2ccccc2C)CC1. The van der Waals surface area contributed by atoms with Gasteiger partial charge in [-0.3, -0.25) is 9.80 Å². The van der Waals surface area contributed by atoms with Crippen molar-refractivity contribution in [2.75, 3.05) is 26.2 Å². The molecule has 0 N–H and O–H groups in total. The van der Waals surface area contributed by atoms with Crippen LogP contribution in [-0.4, -0.2) is 42.0 Å². The van der Waals surface area contributed by atoms with Gasteiger partial charge in [0.05, 0.1) is 0 Å². The molecule has 1 aliphatic heterocycles. The lowest BCUT2D eigenvalue weighted by Crippen LogP contribution is -2.49. The first-order chi connectivity index (χ1) is 8.70. The maximum absolute atomic E-state index is 2.62. The van der Waals surface area contributed by atoms with Crippen LogP contribution in [0.2, 0.25) is 0 Å². The highest BCUT2D eigenvalue weighted by Gasteiger charge is 2.20. The summed E-state index contributed by atoms with van der Waals surface area (Å²) >= 11 is 0. The largest absolute Gasteiger partial charge is 0.298 e. The van der Waals surface area contributed by atoms with Crippen LogP contribution in [-0.2, 0) is 6.54 Å². The lowest BCUT2D eigenvalue weighted by Gasteiger charge is -2.38. The van der Waals surface area contributed by atoms with Crippen molar-refractivity contribution in [3.63, 3.8) is 0 Å². The molecular weight excluding hydrogens is 220 g/mol. The van der Waals surface area contributed by atoms with E-state index in [0.717, 1.165) is 12.6 Å². The molecule has 0 aromatic heterocycles. The van der Waals surface area contributed by atoms with E-state index < -0.39 is 0 Å². The minimum atomic E-state index is 0.741. The summed E-state index contributed by atoms with van der Waals surface area (Å²) in [6, 6.07) is 9.49. The Hall–Kier alpha value is -0.860. The van der Waals surface area contributed by atoms with Gasteiger partial charge in [-0.15, -0.1) is 0 Å². The van der Waals surface area contributed by atoms with Gasteiger partial charge in [-0.1, -0.05) is 31.2 Å². The highest BCUT2D eigenvalue weighted by atomic mass is 15.3. The molecule has 1 saturated heterocycles. The van der Waals surface area contributed by atoms with Crippen LogP contribution < -0.4 is 0 Å². The lowest BCUT2D eigenvalue weighted by atomic mass is 10.1. The minimum absolute atomic E-state index is 0.741. The Morgan fingerprint density at radius 1 is 1.11 bits per heavy atom. The summed E-state index contributed by atoms with van der Waals surface area (Å²) in [5, 5.41) is 0. The average molecular weight is 246 g/mol. The van der Waals surface area contributed by atoms with Gasteiger partial charge in [-0.2, -0.15) is 0 Å². The third-order valence-electron chi connectivity index (χ3n) is 4.28. The van der Waals surface area contributed by atoms with E-state index in [2.05, 4.69) is 54.8 Å². The molecule has 1 atom stereocenters. The molecule has 0 radical (unpaired) electrons. The van der Waals surface area contributed by atoms with Gasteiger partial charge >= 0.3 is 0 Å². The number of hydrogen-bond acceptors (Lipinski definition) is 2. The first kappa shape index (κ1) is 13.6. The highest BCUT2D eigenvalue weighted by Crippen LogP contribution is 2.14. The standard InChI is InChI=1S/C16H26N2/c1-4-15(3)18-11-9-17(10-12-18)13-16-8-6-5-7-14(16)2/h5-8,15H,4,9-13H2,1-3H3/t15-/m0/s1. The van der Waals surface area contributed by atoms with Crippen molar-refractivity contribution < 1.29 is 0 Å². The number of aryl methyl sites for hydroxylation is 1. The predicted octanol–water partition coefficient (Wildman–Crippen LogP) is 2.91. The Morgan fingerprint density at radius 3 is 2.39 bits per heavy atom. The third-order valence-corrected chi connectivity index (χ3v) is 4.28. The average Bonchev–Trinajstić information content (AvgIpc) is 2.41. The molecule has 2 nitrogen and oxygen atoms in total. The van der Waals surface area contributed by atoms with Crippen molar-refractivity contribution in [3.8, 4) is 0 Å². The predicted molar refractivity (Wildman–Crippen MR) is 77.8 cm³/mol. The molecule has 100 valence electrons. The van der Waals surface area contributed by atoms with Gasteiger partial charge in [0, 0.05) is 38.8 Å². The van der Waals surface area contributed by atoms with Crippen LogP contribution in [0.1, 0.15) is 31.4 Å². The molecule has 0 unspecified atom stereocenters. The van der Waals surface area contributed by atoms with E-state index in [4.69, 9.17) is 0 Å². The van der Waals surface area contributed by atoms with Crippen molar-refractivity contribution in [1.29, 1.82) is 0 Å². The van der Waals surface area contributed by atoms with Crippen LogP contribution in [0.5, 0.6) is 0 Å². The van der Waals surface area contributed by atoms with Gasteiger partial charge in [-0.25, -0.2) is 0 Å². The molecule has 0 aliphatic carbocycles. The number of rotatable bonds is 4. The lowest BCUT2D eigenvalue weighted by molar-refractivity contribution is 0.0962. The molecule has 1 heterocycles. The van der Waals surface area contributed by atoms with Crippen LogP contribution in [0.4, 0.5) is 0 Å². The van der Waals surface area contributed by atoms with Gasteiger partial charge < -0.3 is 0 Å². The van der Waals surface area contributed by atoms with Gasteiger partial charge in [-0.05, 0) is 31.4 Å². The first-order valence-electron chi connectivity index (χ1n) is 7.21. The van der Waals surface area contributed by atoms with E-state index in [1.54, 1.807) is 0 Å². The summed E-state index contributed by atoms with van der Waals surface area (Å²) in [6.45, 7) is 12.8. The molecule has 0 bridgehead atoms. The fourth-order valence-electron chi connectivity index (χ4n) is 2.65. The molecule has 18 heavy (non-hydrogen) atoms. The molecule has 2 heteroatoms. The Kier molecular flexibility index (Phi) is 4.79. The third kappa shape index (κ3) is 3.33. The Balaban J connectivity index is 1.86. The Bertz CT molecular complexity index is 367. The maximum atomic E-state index is 2.62. The van der Waals surface area contributed by atoms with Gasteiger partial charge in [0.2, 0.25) is 0 Å². The number of piperazine rings is 1. The quantitative estimate of drug-likeness (QED) is 0.806. The van der Waals surface area contributed by atoms with Crippen molar-refractivity contribution in [3.05, 3.63) is 35.4 Å². The smallest absolute Gasteiger partial charge is 0.0237 e. The molecule has 0 spiro atoms. The number of benzene rings is 1. The van der Waals surface area contributed by atoms with E-state index in [9.17, 15) is 0 Å². The van der Waals surface area contributed by atoms with Crippen molar-refractivity contribution >= 4 is 0 Å². The van der Waals surface area contributed by atoms with Crippen LogP contribution in [0.3, 0.4) is 0 Å². The zero-order valence-corrected chi connectivity index (χ0v) is 12.0. The summed E-state index contributed by atoms with van der Waals surface area (Å²) in [5.41, 5.74) is 2.90. The normalized spacial score (nSPS) is 19.9. The first-order valence-corrected chi connectivity index (χ1v) is 7.21. The second-order valence-corrected chi connectivity index (χ2v) is 5.50. The van der Waals surface area contributed by atoms with Gasteiger partial charge in [0.25, 0.3) is 0 Å². The minimum Gasteiger partial charge on any atom is -0.298 e.